The predicted molar refractivity (Wildman–Crippen MR) is 104 cm³/mol. The van der Waals surface area contributed by atoms with Gasteiger partial charge in [-0.2, -0.15) is 0 Å². The fraction of sp³-hybridized carbons (Fsp3) is 0.158. The van der Waals surface area contributed by atoms with Gasteiger partial charge in [0, 0.05) is 12.1 Å². The van der Waals surface area contributed by atoms with E-state index in [4.69, 9.17) is 4.74 Å². The van der Waals surface area contributed by atoms with Crippen LogP contribution in [0.1, 0.15) is 18.1 Å². The second-order valence-electron chi connectivity index (χ2n) is 5.85. The van der Waals surface area contributed by atoms with Crippen molar-refractivity contribution in [3.8, 4) is 11.5 Å². The number of amides is 2. The zero-order valence-corrected chi connectivity index (χ0v) is 15.6. The molecule has 8 nitrogen and oxygen atoms in total. The van der Waals surface area contributed by atoms with Gasteiger partial charge < -0.3 is 9.84 Å². The Morgan fingerprint density at radius 1 is 1.21 bits per heavy atom. The number of hydrogen-bond donors (Lipinski definition) is 1. The minimum atomic E-state index is -0.513. The Bertz CT molecular complexity index is 971. The van der Waals surface area contributed by atoms with Crippen molar-refractivity contribution in [2.75, 3.05) is 6.61 Å². The molecule has 1 aliphatic heterocycles. The first-order valence-electron chi connectivity index (χ1n) is 8.33. The molecule has 2 aromatic rings. The van der Waals surface area contributed by atoms with Crippen LogP contribution in [0.15, 0.2) is 47.4 Å². The van der Waals surface area contributed by atoms with Gasteiger partial charge in [0.15, 0.2) is 11.5 Å². The number of phenols is 1. The lowest BCUT2D eigenvalue weighted by molar-refractivity contribution is -0.384. The Hall–Kier alpha value is -3.33. The van der Waals surface area contributed by atoms with E-state index >= 15 is 0 Å². The van der Waals surface area contributed by atoms with Crippen molar-refractivity contribution >= 4 is 34.7 Å². The molecule has 1 N–H and O–H groups in total. The molecular weight excluding hydrogens is 384 g/mol. The van der Waals surface area contributed by atoms with Crippen molar-refractivity contribution in [3.63, 3.8) is 0 Å². The van der Waals surface area contributed by atoms with E-state index in [1.165, 1.54) is 30.3 Å². The minimum Gasteiger partial charge on any atom is -0.504 e. The van der Waals surface area contributed by atoms with E-state index in [1.807, 2.05) is 0 Å². The summed E-state index contributed by atoms with van der Waals surface area (Å²) in [6, 6.07) is 10.3. The zero-order chi connectivity index (χ0) is 20.3. The number of phenolic OH excluding ortho intramolecular Hbond substituents is 1. The molecule has 1 saturated heterocycles. The molecular formula is C19H16N2O6S. The monoisotopic (exact) mass is 400 g/mol. The predicted octanol–water partition coefficient (Wildman–Crippen LogP) is 3.94. The van der Waals surface area contributed by atoms with Crippen LogP contribution in [0.5, 0.6) is 11.5 Å². The molecule has 0 aromatic heterocycles. The lowest BCUT2D eigenvalue weighted by Crippen LogP contribution is -2.27. The van der Waals surface area contributed by atoms with E-state index in [0.717, 1.165) is 16.7 Å². The Morgan fingerprint density at radius 3 is 2.57 bits per heavy atom. The number of nitro groups is 1. The van der Waals surface area contributed by atoms with Gasteiger partial charge in [-0.3, -0.25) is 24.6 Å². The van der Waals surface area contributed by atoms with Crippen molar-refractivity contribution < 1.29 is 24.4 Å². The third-order valence-electron chi connectivity index (χ3n) is 3.94. The number of rotatable bonds is 6. The number of carbonyl (C=O) groups is 2. The first-order chi connectivity index (χ1) is 13.4. The third kappa shape index (κ3) is 4.15. The van der Waals surface area contributed by atoms with Gasteiger partial charge >= 0.3 is 0 Å². The SMILES string of the molecule is CCOc1cc(/C=C2\SC(=O)N(Cc3ccc([N+](=O)[O-])cc3)C2=O)ccc1O. The van der Waals surface area contributed by atoms with Crippen molar-refractivity contribution in [1.29, 1.82) is 0 Å². The summed E-state index contributed by atoms with van der Waals surface area (Å²) in [5.41, 5.74) is 1.16. The van der Waals surface area contributed by atoms with Gasteiger partial charge in [-0.05, 0) is 48.0 Å². The largest absolute Gasteiger partial charge is 0.504 e. The number of hydrogen-bond acceptors (Lipinski definition) is 7. The molecule has 0 saturated carbocycles. The maximum atomic E-state index is 12.6. The second kappa shape index (κ2) is 8.13. The average molecular weight is 400 g/mol. The third-order valence-corrected chi connectivity index (χ3v) is 4.85. The number of non-ortho nitro benzene ring substituents is 1. The second-order valence-corrected chi connectivity index (χ2v) is 6.84. The van der Waals surface area contributed by atoms with E-state index in [1.54, 1.807) is 25.1 Å². The van der Waals surface area contributed by atoms with Crippen LogP contribution >= 0.6 is 11.8 Å². The summed E-state index contributed by atoms with van der Waals surface area (Å²) in [6.07, 6.45) is 1.56. The maximum absolute atomic E-state index is 12.6. The highest BCUT2D eigenvalue weighted by molar-refractivity contribution is 8.18. The number of carbonyl (C=O) groups excluding carboxylic acids is 2. The molecule has 2 aromatic carbocycles. The van der Waals surface area contributed by atoms with Gasteiger partial charge in [-0.1, -0.05) is 18.2 Å². The van der Waals surface area contributed by atoms with Crippen LogP contribution in [0.25, 0.3) is 6.08 Å². The molecule has 0 spiro atoms. The van der Waals surface area contributed by atoms with E-state index in [2.05, 4.69) is 0 Å². The fourth-order valence-corrected chi connectivity index (χ4v) is 3.42. The van der Waals surface area contributed by atoms with Crippen molar-refractivity contribution in [3.05, 3.63) is 68.6 Å². The molecule has 0 bridgehead atoms. The number of nitrogens with zero attached hydrogens (tertiary/aromatic N) is 2. The summed E-state index contributed by atoms with van der Waals surface area (Å²) in [5, 5.41) is 20.1. The number of imide groups is 1. The average Bonchev–Trinajstić information content (AvgIpc) is 2.92. The van der Waals surface area contributed by atoms with Crippen LogP contribution in [0.2, 0.25) is 0 Å². The van der Waals surface area contributed by atoms with Gasteiger partial charge in [0.2, 0.25) is 0 Å². The molecule has 3 rings (SSSR count). The lowest BCUT2D eigenvalue weighted by atomic mass is 10.1. The molecule has 1 fully saturated rings. The molecule has 1 heterocycles. The van der Waals surface area contributed by atoms with Gasteiger partial charge in [-0.25, -0.2) is 0 Å². The Morgan fingerprint density at radius 2 is 1.93 bits per heavy atom. The summed E-state index contributed by atoms with van der Waals surface area (Å²) < 4.78 is 5.32. The molecule has 144 valence electrons. The first-order valence-corrected chi connectivity index (χ1v) is 9.15. The molecule has 0 atom stereocenters. The van der Waals surface area contributed by atoms with E-state index in [0.29, 0.717) is 23.5 Å². The molecule has 1 aliphatic rings. The van der Waals surface area contributed by atoms with Crippen molar-refractivity contribution in [2.45, 2.75) is 13.5 Å². The maximum Gasteiger partial charge on any atom is 0.293 e. The minimum absolute atomic E-state index is 0.00900. The van der Waals surface area contributed by atoms with E-state index < -0.39 is 16.1 Å². The van der Waals surface area contributed by atoms with Crippen LogP contribution in [0.3, 0.4) is 0 Å². The first kappa shape index (κ1) is 19.4. The molecule has 0 aliphatic carbocycles. The van der Waals surface area contributed by atoms with Crippen LogP contribution in [-0.2, 0) is 11.3 Å². The van der Waals surface area contributed by atoms with Crippen LogP contribution < -0.4 is 4.74 Å². The van der Waals surface area contributed by atoms with Crippen LogP contribution in [0.4, 0.5) is 10.5 Å². The van der Waals surface area contributed by atoms with Crippen molar-refractivity contribution in [1.82, 2.24) is 4.90 Å². The fourth-order valence-electron chi connectivity index (χ4n) is 2.58. The topological polar surface area (TPSA) is 110 Å². The summed E-state index contributed by atoms with van der Waals surface area (Å²) in [6.45, 7) is 2.19. The molecule has 0 radical (unpaired) electrons. The summed E-state index contributed by atoms with van der Waals surface area (Å²) in [4.78, 5) is 36.4. The number of nitro benzene ring substituents is 1. The molecule has 2 amide bonds. The van der Waals surface area contributed by atoms with Gasteiger partial charge in [-0.15, -0.1) is 0 Å². The Labute approximate surface area is 164 Å². The number of benzene rings is 2. The van der Waals surface area contributed by atoms with E-state index in [9.17, 15) is 24.8 Å². The molecule has 9 heteroatoms. The van der Waals surface area contributed by atoms with Gasteiger partial charge in [0.25, 0.3) is 16.8 Å². The molecule has 28 heavy (non-hydrogen) atoms. The lowest BCUT2D eigenvalue weighted by Gasteiger charge is -2.12. The standard InChI is InChI=1S/C19H16N2O6S/c1-2-27-16-9-13(5-8-15(16)22)10-17-18(23)20(19(24)28-17)11-12-3-6-14(7-4-12)21(25)26/h3-10,22H,2,11H2,1H3/b17-10-. The number of aromatic hydroxyl groups is 1. The highest BCUT2D eigenvalue weighted by atomic mass is 32.2. The highest BCUT2D eigenvalue weighted by Crippen LogP contribution is 2.35. The van der Waals surface area contributed by atoms with Crippen LogP contribution in [-0.4, -0.2) is 32.7 Å². The Kier molecular flexibility index (Phi) is 5.65. The zero-order valence-electron chi connectivity index (χ0n) is 14.8. The Balaban J connectivity index is 1.78. The summed E-state index contributed by atoms with van der Waals surface area (Å²) >= 11 is 0.814. The summed E-state index contributed by atoms with van der Waals surface area (Å²) in [7, 11) is 0. The number of ether oxygens (including phenoxy) is 1. The summed E-state index contributed by atoms with van der Waals surface area (Å²) in [5.74, 6) is -0.161. The highest BCUT2D eigenvalue weighted by Gasteiger charge is 2.35. The van der Waals surface area contributed by atoms with E-state index in [-0.39, 0.29) is 22.9 Å². The molecule has 0 unspecified atom stereocenters. The number of thioether (sulfide) groups is 1. The van der Waals surface area contributed by atoms with Crippen LogP contribution in [0, 0.1) is 10.1 Å². The normalized spacial score (nSPS) is 15.3. The van der Waals surface area contributed by atoms with Gasteiger partial charge in [0.1, 0.15) is 0 Å². The van der Waals surface area contributed by atoms with Gasteiger partial charge in [0.05, 0.1) is 23.0 Å². The quantitative estimate of drug-likeness (QED) is 0.444. The van der Waals surface area contributed by atoms with Crippen molar-refractivity contribution in [2.24, 2.45) is 0 Å². The smallest absolute Gasteiger partial charge is 0.293 e.